The Hall–Kier alpha value is -2.02. The molecule has 2 amide bonds. The Balaban J connectivity index is 1.40. The third kappa shape index (κ3) is 2.90. The molecule has 1 aromatic rings. The van der Waals surface area contributed by atoms with Crippen LogP contribution in [0.15, 0.2) is 29.2 Å². The predicted octanol–water partition coefficient (Wildman–Crippen LogP) is 1.84. The Kier molecular flexibility index (Phi) is 3.98. The molecule has 2 heterocycles. The maximum absolute atomic E-state index is 12.7. The van der Waals surface area contributed by atoms with E-state index >= 15 is 0 Å². The Bertz CT molecular complexity index is 742. The summed E-state index contributed by atoms with van der Waals surface area (Å²) < 4.78 is 0. The van der Waals surface area contributed by atoms with E-state index in [1.807, 2.05) is 24.3 Å². The summed E-state index contributed by atoms with van der Waals surface area (Å²) in [5.41, 5.74) is 0.714. The van der Waals surface area contributed by atoms with E-state index in [4.69, 9.17) is 5.11 Å². The van der Waals surface area contributed by atoms with Gasteiger partial charge in [-0.15, -0.1) is 11.8 Å². The fourth-order valence-corrected chi connectivity index (χ4v) is 4.95. The van der Waals surface area contributed by atoms with Gasteiger partial charge in [0.05, 0.1) is 17.4 Å². The summed E-state index contributed by atoms with van der Waals surface area (Å²) in [6.07, 6.45) is 2.23. The van der Waals surface area contributed by atoms with Crippen molar-refractivity contribution in [1.29, 1.82) is 0 Å². The number of carboxylic acids is 1. The number of hydrogen-bond donors (Lipinski definition) is 1. The van der Waals surface area contributed by atoms with Crippen LogP contribution in [0.5, 0.6) is 0 Å². The lowest BCUT2D eigenvalue weighted by atomic mass is 9.91. The van der Waals surface area contributed by atoms with Crippen molar-refractivity contribution >= 4 is 35.2 Å². The lowest BCUT2D eigenvalue weighted by Gasteiger charge is -2.35. The van der Waals surface area contributed by atoms with Crippen LogP contribution in [-0.2, 0) is 14.4 Å². The topological polar surface area (TPSA) is 77.9 Å². The fourth-order valence-electron chi connectivity index (χ4n) is 4.01. The number of likely N-dealkylation sites (tertiary alicyclic amines) is 1. The second-order valence-corrected chi connectivity index (χ2v) is 8.09. The SMILES string of the molecule is O=C(O)C1CC12CCN(C(=O)CN1C(=O)CSc3ccccc31)CC2. The Labute approximate surface area is 150 Å². The maximum atomic E-state index is 12.7. The molecule has 2 aliphatic heterocycles. The summed E-state index contributed by atoms with van der Waals surface area (Å²) in [4.78, 5) is 40.5. The molecule has 1 atom stereocenters. The summed E-state index contributed by atoms with van der Waals surface area (Å²) in [5, 5.41) is 9.16. The van der Waals surface area contributed by atoms with Crippen LogP contribution in [0.1, 0.15) is 19.3 Å². The molecule has 4 rings (SSSR count). The number of rotatable bonds is 3. The third-order valence-corrected chi connectivity index (χ3v) is 6.75. The van der Waals surface area contributed by atoms with E-state index in [1.165, 1.54) is 11.8 Å². The summed E-state index contributed by atoms with van der Waals surface area (Å²) in [5.74, 6) is -0.700. The molecule has 1 spiro atoms. The van der Waals surface area contributed by atoms with Gasteiger partial charge in [0.15, 0.2) is 0 Å². The number of thioether (sulfide) groups is 1. The van der Waals surface area contributed by atoms with Gasteiger partial charge >= 0.3 is 5.97 Å². The molecule has 2 fully saturated rings. The Morgan fingerprint density at radius 2 is 1.96 bits per heavy atom. The van der Waals surface area contributed by atoms with Crippen LogP contribution in [0.4, 0.5) is 5.69 Å². The van der Waals surface area contributed by atoms with Gasteiger partial charge in [0, 0.05) is 18.0 Å². The van der Waals surface area contributed by atoms with Gasteiger partial charge in [-0.3, -0.25) is 14.4 Å². The van der Waals surface area contributed by atoms with Crippen LogP contribution in [0.25, 0.3) is 0 Å². The van der Waals surface area contributed by atoms with Crippen LogP contribution in [0, 0.1) is 11.3 Å². The van der Waals surface area contributed by atoms with Crippen molar-refractivity contribution in [3.05, 3.63) is 24.3 Å². The third-order valence-electron chi connectivity index (χ3n) is 5.70. The molecule has 1 aliphatic carbocycles. The summed E-state index contributed by atoms with van der Waals surface area (Å²) in [6, 6.07) is 7.65. The zero-order chi connectivity index (χ0) is 17.6. The van der Waals surface area contributed by atoms with Gasteiger partial charge < -0.3 is 14.9 Å². The van der Waals surface area contributed by atoms with Crippen LogP contribution in [0.3, 0.4) is 0 Å². The van der Waals surface area contributed by atoms with Gasteiger partial charge in [0.25, 0.3) is 0 Å². The van der Waals surface area contributed by atoms with E-state index in [-0.39, 0.29) is 29.7 Å². The molecule has 7 heteroatoms. The van der Waals surface area contributed by atoms with Crippen LogP contribution >= 0.6 is 11.8 Å². The van der Waals surface area contributed by atoms with E-state index in [0.29, 0.717) is 18.8 Å². The highest BCUT2D eigenvalue weighted by Crippen LogP contribution is 2.59. The summed E-state index contributed by atoms with van der Waals surface area (Å²) in [7, 11) is 0. The number of nitrogens with zero attached hydrogens (tertiary/aromatic N) is 2. The molecule has 6 nitrogen and oxygen atoms in total. The Morgan fingerprint density at radius 1 is 1.24 bits per heavy atom. The van der Waals surface area contributed by atoms with Gasteiger partial charge in [-0.25, -0.2) is 0 Å². The number of para-hydroxylation sites is 1. The number of hydrogen-bond acceptors (Lipinski definition) is 4. The normalized spacial score (nSPS) is 24.2. The van der Waals surface area contributed by atoms with Gasteiger partial charge in [0.1, 0.15) is 6.54 Å². The van der Waals surface area contributed by atoms with E-state index in [1.54, 1.807) is 9.80 Å². The highest BCUT2D eigenvalue weighted by Gasteiger charge is 2.59. The first-order valence-corrected chi connectivity index (χ1v) is 9.51. The van der Waals surface area contributed by atoms with E-state index in [2.05, 4.69) is 0 Å². The molecule has 0 radical (unpaired) electrons. The molecular formula is C18H20N2O4S. The standard InChI is InChI=1S/C18H20N2O4S/c21-15(19-7-5-18(6-8-19)9-12(18)17(23)24)10-20-13-3-1-2-4-14(13)25-11-16(20)22/h1-4,12H,5-11H2,(H,23,24). The van der Waals surface area contributed by atoms with Crippen molar-refractivity contribution in [3.8, 4) is 0 Å². The predicted molar refractivity (Wildman–Crippen MR) is 93.5 cm³/mol. The number of carbonyl (C=O) groups excluding carboxylic acids is 2. The first-order chi connectivity index (χ1) is 12.0. The fraction of sp³-hybridized carbons (Fsp3) is 0.500. The van der Waals surface area contributed by atoms with Crippen molar-refractivity contribution in [1.82, 2.24) is 4.90 Å². The number of carbonyl (C=O) groups is 3. The monoisotopic (exact) mass is 360 g/mol. The van der Waals surface area contributed by atoms with Crippen LogP contribution in [-0.4, -0.2) is 53.2 Å². The van der Waals surface area contributed by atoms with E-state index in [9.17, 15) is 14.4 Å². The van der Waals surface area contributed by atoms with Crippen LogP contribution < -0.4 is 4.90 Å². The molecule has 1 unspecified atom stereocenters. The molecule has 0 bridgehead atoms. The minimum Gasteiger partial charge on any atom is -0.481 e. The maximum Gasteiger partial charge on any atom is 0.307 e. The smallest absolute Gasteiger partial charge is 0.307 e. The molecule has 25 heavy (non-hydrogen) atoms. The molecular weight excluding hydrogens is 340 g/mol. The van der Waals surface area contributed by atoms with Gasteiger partial charge in [-0.05, 0) is 36.8 Å². The molecule has 1 saturated carbocycles. The van der Waals surface area contributed by atoms with Crippen molar-refractivity contribution < 1.29 is 19.5 Å². The minimum absolute atomic E-state index is 0.0429. The van der Waals surface area contributed by atoms with Crippen molar-refractivity contribution in [2.24, 2.45) is 11.3 Å². The zero-order valence-corrected chi connectivity index (χ0v) is 14.6. The highest BCUT2D eigenvalue weighted by molar-refractivity contribution is 8.00. The summed E-state index contributed by atoms with van der Waals surface area (Å²) >= 11 is 1.50. The largest absolute Gasteiger partial charge is 0.481 e. The molecule has 132 valence electrons. The lowest BCUT2D eigenvalue weighted by molar-refractivity contribution is -0.140. The number of piperidine rings is 1. The van der Waals surface area contributed by atoms with Crippen molar-refractivity contribution in [2.45, 2.75) is 24.2 Å². The molecule has 1 aromatic carbocycles. The van der Waals surface area contributed by atoms with E-state index < -0.39 is 5.97 Å². The number of fused-ring (bicyclic) bond motifs is 1. The lowest BCUT2D eigenvalue weighted by Crippen LogP contribution is -2.47. The minimum atomic E-state index is -0.715. The quantitative estimate of drug-likeness (QED) is 0.890. The molecule has 1 saturated heterocycles. The average molecular weight is 360 g/mol. The number of benzene rings is 1. The summed E-state index contributed by atoms with van der Waals surface area (Å²) in [6.45, 7) is 1.23. The molecule has 3 aliphatic rings. The van der Waals surface area contributed by atoms with Crippen LogP contribution in [0.2, 0.25) is 0 Å². The van der Waals surface area contributed by atoms with Gasteiger partial charge in [0.2, 0.25) is 11.8 Å². The molecule has 1 N–H and O–H groups in total. The van der Waals surface area contributed by atoms with Crippen molar-refractivity contribution in [3.63, 3.8) is 0 Å². The first-order valence-electron chi connectivity index (χ1n) is 8.53. The highest BCUT2D eigenvalue weighted by atomic mass is 32.2. The van der Waals surface area contributed by atoms with E-state index in [0.717, 1.165) is 29.8 Å². The number of amides is 2. The molecule has 0 aromatic heterocycles. The average Bonchev–Trinajstić information content (AvgIpc) is 3.32. The number of carboxylic acid groups (broad SMARTS) is 1. The first kappa shape index (κ1) is 16.4. The van der Waals surface area contributed by atoms with Gasteiger partial charge in [-0.1, -0.05) is 12.1 Å². The Morgan fingerprint density at radius 3 is 2.64 bits per heavy atom. The number of anilines is 1. The zero-order valence-electron chi connectivity index (χ0n) is 13.8. The second-order valence-electron chi connectivity index (χ2n) is 7.07. The van der Waals surface area contributed by atoms with Crippen molar-refractivity contribution in [2.75, 3.05) is 30.3 Å². The number of aliphatic carboxylic acids is 1. The second kappa shape index (κ2) is 6.05. The van der Waals surface area contributed by atoms with Gasteiger partial charge in [-0.2, -0.15) is 0 Å².